The first-order valence-corrected chi connectivity index (χ1v) is 14.7. The Balaban J connectivity index is 1.31. The summed E-state index contributed by atoms with van der Waals surface area (Å²) in [6.45, 7) is 0.170. The predicted octanol–water partition coefficient (Wildman–Crippen LogP) is 5.74. The fourth-order valence-corrected chi connectivity index (χ4v) is 7.49. The first-order valence-electron chi connectivity index (χ1n) is 14.7. The molecular formula is C24H34N12O6. The first-order chi connectivity index (χ1) is 20.5. The number of azide groups is 4. The topological polar surface area (TPSA) is 250 Å². The van der Waals surface area contributed by atoms with Crippen LogP contribution < -0.4 is 0 Å². The molecule has 3 aliphatic heterocycles. The van der Waals surface area contributed by atoms with E-state index in [9.17, 15) is 22.1 Å². The summed E-state index contributed by atoms with van der Waals surface area (Å²) in [4.78, 5) is 12.0. The Bertz CT molecular complexity index is 1200. The van der Waals surface area contributed by atoms with Crippen molar-refractivity contribution in [2.45, 2.75) is 143 Å². The monoisotopic (exact) mass is 586 g/mol. The van der Waals surface area contributed by atoms with Gasteiger partial charge in [0.15, 0.2) is 17.9 Å². The lowest BCUT2D eigenvalue weighted by molar-refractivity contribution is -0.375. The Hall–Kier alpha value is -3.00. The average Bonchev–Trinajstić information content (AvgIpc) is 3.36. The van der Waals surface area contributed by atoms with Crippen LogP contribution in [0.5, 0.6) is 0 Å². The molecule has 18 nitrogen and oxygen atoms in total. The Morgan fingerprint density at radius 3 is 1.86 bits per heavy atom. The van der Waals surface area contributed by atoms with Gasteiger partial charge in [0.05, 0.1) is 49.1 Å². The third kappa shape index (κ3) is 5.43. The lowest BCUT2D eigenvalue weighted by Gasteiger charge is -2.52. The minimum Gasteiger partial charge on any atom is -0.347 e. The predicted molar refractivity (Wildman–Crippen MR) is 142 cm³/mol. The van der Waals surface area contributed by atoms with Crippen LogP contribution in [-0.2, 0) is 28.4 Å². The van der Waals surface area contributed by atoms with Gasteiger partial charge in [-0.05, 0) is 54.2 Å². The molecule has 3 saturated carbocycles. The molecule has 3 heterocycles. The molecule has 42 heavy (non-hydrogen) atoms. The molecule has 0 aromatic heterocycles. The molecule has 18 heteroatoms. The molecule has 0 N–H and O–H groups in total. The van der Waals surface area contributed by atoms with E-state index in [2.05, 4.69) is 40.1 Å². The summed E-state index contributed by atoms with van der Waals surface area (Å²) in [6.07, 6.45) is 3.83. The normalized spacial score (nSPS) is 41.6. The van der Waals surface area contributed by atoms with Crippen molar-refractivity contribution in [1.82, 2.24) is 0 Å². The molecule has 6 unspecified atom stereocenters. The fraction of sp³-hybridized carbons (Fsp3) is 1.00. The van der Waals surface area contributed by atoms with E-state index in [4.69, 9.17) is 28.4 Å². The molecule has 10 atom stereocenters. The van der Waals surface area contributed by atoms with Crippen LogP contribution in [0.3, 0.4) is 0 Å². The van der Waals surface area contributed by atoms with E-state index in [1.807, 2.05) is 0 Å². The van der Waals surface area contributed by atoms with Crippen molar-refractivity contribution in [3.05, 3.63) is 41.8 Å². The summed E-state index contributed by atoms with van der Waals surface area (Å²) in [6, 6.07) is -3.51. The van der Waals surface area contributed by atoms with E-state index >= 15 is 0 Å². The number of hydrogen-bond donors (Lipinski definition) is 0. The van der Waals surface area contributed by atoms with Crippen LogP contribution in [0.2, 0.25) is 0 Å². The summed E-state index contributed by atoms with van der Waals surface area (Å²) in [5.41, 5.74) is 37.6. The van der Waals surface area contributed by atoms with Crippen LogP contribution >= 0.6 is 0 Å². The highest BCUT2D eigenvalue weighted by molar-refractivity contribution is 5.08. The second-order valence-electron chi connectivity index (χ2n) is 11.8. The molecule has 6 fully saturated rings. The standard InChI is InChI=1S/C24H34N12O6/c25-33-29-13-11-14(30-34-26)19-21(42-24(40-19)9-5-2-6-10-24)18(13)39-22-17(32-36-28)16(31-35-27)20-15(38-22)12-37-23(41-20)7-3-1-4-8-23/h13-22H,1-12H2/t13?,14-,15?,16?,17?,18-,19?,20-,21?,22-/m1/s1. The van der Waals surface area contributed by atoms with Crippen LogP contribution in [0.1, 0.15) is 70.6 Å². The van der Waals surface area contributed by atoms with E-state index in [1.165, 1.54) is 0 Å². The van der Waals surface area contributed by atoms with Gasteiger partial charge in [0.25, 0.3) is 0 Å². The number of ether oxygens (including phenoxy) is 6. The zero-order valence-electron chi connectivity index (χ0n) is 23.1. The van der Waals surface area contributed by atoms with Crippen LogP contribution in [0.15, 0.2) is 20.5 Å². The van der Waals surface area contributed by atoms with E-state index in [0.29, 0.717) is 25.7 Å². The summed E-state index contributed by atoms with van der Waals surface area (Å²) in [5.74, 6) is -1.66. The molecule has 3 saturated heterocycles. The maximum Gasteiger partial charge on any atom is 0.169 e. The van der Waals surface area contributed by atoms with Crippen molar-refractivity contribution < 1.29 is 28.4 Å². The van der Waals surface area contributed by atoms with Gasteiger partial charge in [-0.15, -0.1) is 0 Å². The highest BCUT2D eigenvalue weighted by Crippen LogP contribution is 2.48. The molecule has 0 amide bonds. The molecule has 0 radical (unpaired) electrons. The summed E-state index contributed by atoms with van der Waals surface area (Å²) in [5, 5.41) is 15.9. The van der Waals surface area contributed by atoms with Gasteiger partial charge in [-0.25, -0.2) is 0 Å². The van der Waals surface area contributed by atoms with Gasteiger partial charge < -0.3 is 28.4 Å². The third-order valence-electron chi connectivity index (χ3n) is 9.38. The molecular weight excluding hydrogens is 552 g/mol. The highest BCUT2D eigenvalue weighted by Gasteiger charge is 2.60. The second-order valence-corrected chi connectivity index (χ2v) is 11.8. The highest BCUT2D eigenvalue weighted by atomic mass is 16.8. The van der Waals surface area contributed by atoms with Crippen molar-refractivity contribution in [2.24, 2.45) is 20.5 Å². The first kappa shape index (κ1) is 29.1. The number of hydrogen-bond acceptors (Lipinski definition) is 10. The van der Waals surface area contributed by atoms with Crippen molar-refractivity contribution >= 4 is 0 Å². The zero-order valence-corrected chi connectivity index (χ0v) is 23.1. The average molecular weight is 587 g/mol. The van der Waals surface area contributed by atoms with Crippen LogP contribution in [0, 0.1) is 0 Å². The minimum atomic E-state index is -1.21. The van der Waals surface area contributed by atoms with Gasteiger partial charge in [-0.1, -0.05) is 33.3 Å². The van der Waals surface area contributed by atoms with Gasteiger partial charge in [0.2, 0.25) is 0 Å². The molecule has 2 spiro atoms. The van der Waals surface area contributed by atoms with Crippen molar-refractivity contribution in [2.75, 3.05) is 6.61 Å². The van der Waals surface area contributed by atoms with Gasteiger partial charge in [-0.2, -0.15) is 0 Å². The van der Waals surface area contributed by atoms with E-state index in [-0.39, 0.29) is 13.0 Å². The van der Waals surface area contributed by atoms with E-state index in [1.54, 1.807) is 0 Å². The van der Waals surface area contributed by atoms with E-state index < -0.39 is 72.6 Å². The van der Waals surface area contributed by atoms with Crippen molar-refractivity contribution in [3.8, 4) is 0 Å². The summed E-state index contributed by atoms with van der Waals surface area (Å²) in [7, 11) is 0. The fourth-order valence-electron chi connectivity index (χ4n) is 7.49. The number of nitrogens with zero attached hydrogens (tertiary/aromatic N) is 12. The largest absolute Gasteiger partial charge is 0.347 e. The van der Waals surface area contributed by atoms with Gasteiger partial charge in [0, 0.05) is 45.3 Å². The Morgan fingerprint density at radius 1 is 0.619 bits per heavy atom. The molecule has 3 aliphatic carbocycles. The Kier molecular flexibility index (Phi) is 8.53. The van der Waals surface area contributed by atoms with Gasteiger partial charge in [-0.3, -0.25) is 0 Å². The molecule has 6 aliphatic rings. The smallest absolute Gasteiger partial charge is 0.169 e. The third-order valence-corrected chi connectivity index (χ3v) is 9.38. The van der Waals surface area contributed by atoms with E-state index in [0.717, 1.165) is 38.5 Å². The van der Waals surface area contributed by atoms with Crippen molar-refractivity contribution in [1.29, 1.82) is 0 Å². The van der Waals surface area contributed by atoms with Gasteiger partial charge in [0.1, 0.15) is 12.2 Å². The zero-order chi connectivity index (χ0) is 29.2. The maximum atomic E-state index is 9.50. The summed E-state index contributed by atoms with van der Waals surface area (Å²) >= 11 is 0. The SMILES string of the molecule is [N-]=[N+]=NC1C(N=[N+]=[N-])[C@@H]2OC3(CCCCC3)OCC2O[C@@H]1O[C@@H]1C(N=[N+]=[N-])C[C@@H](N=[N+]=[N-])C2OC3(CCCCC3)OC21. The number of fused-ring (bicyclic) bond motifs is 2. The summed E-state index contributed by atoms with van der Waals surface area (Å²) < 4.78 is 38.5. The van der Waals surface area contributed by atoms with Crippen LogP contribution in [-0.4, -0.2) is 79.2 Å². The lowest BCUT2D eigenvalue weighted by Crippen LogP contribution is -2.66. The van der Waals surface area contributed by atoms with Crippen LogP contribution in [0.4, 0.5) is 0 Å². The molecule has 0 aromatic rings. The lowest BCUT2D eigenvalue weighted by atomic mass is 9.84. The molecule has 0 bridgehead atoms. The van der Waals surface area contributed by atoms with Crippen LogP contribution in [0.25, 0.3) is 41.8 Å². The van der Waals surface area contributed by atoms with Gasteiger partial charge >= 0.3 is 0 Å². The minimum absolute atomic E-state index is 0.152. The maximum absolute atomic E-state index is 9.50. The molecule has 226 valence electrons. The Labute approximate surface area is 240 Å². The quantitative estimate of drug-likeness (QED) is 0.213. The second kappa shape index (κ2) is 12.3. The number of rotatable bonds is 6. The Morgan fingerprint density at radius 2 is 1.19 bits per heavy atom. The molecule has 6 rings (SSSR count). The molecule has 0 aromatic carbocycles. The van der Waals surface area contributed by atoms with Crippen molar-refractivity contribution in [3.63, 3.8) is 0 Å².